The molecule has 4 aromatic carbocycles. The van der Waals surface area contributed by atoms with E-state index in [4.69, 9.17) is 0 Å². The number of nitrogens with zero attached hydrogens (tertiary/aromatic N) is 9. The Morgan fingerprint density at radius 3 is 1.27 bits per heavy atom. The summed E-state index contributed by atoms with van der Waals surface area (Å²) >= 11 is 1.64. The van der Waals surface area contributed by atoms with Gasteiger partial charge in [-0.25, -0.2) is 0 Å². The summed E-state index contributed by atoms with van der Waals surface area (Å²) in [6.45, 7) is 29.6. The van der Waals surface area contributed by atoms with E-state index in [1.54, 1.807) is 45.5 Å². The van der Waals surface area contributed by atoms with E-state index < -0.39 is 17.7 Å². The lowest BCUT2D eigenvalue weighted by molar-refractivity contribution is -0.142. The lowest BCUT2D eigenvalue weighted by Gasteiger charge is -2.28. The standard InChI is InChI=1S/C31H35N3O2.C27H33N3O2.C20H19N3O2S.4CH4/c1-6-8-18-33-26-16-14-22-12-10-11-13-24(22)28(26)31(4,5)27(33)17-15-23-21(3)25(20-32)30(36)34(29(23)35)19-9-7-2;1-6-8-16-29-23-13-11-10-12-22(23)27(4,5)24(29)15-14-20-19(3)21(18-28)26(32)30(25(20)31)17-9-7-2;1-4-22-16-8-6-7-9-17(16)26-18(22)11-10-14-13(3)15(12-21)20(25)23(5-2)19(14)24;;;;/h10-17H,6-9,18-19H2,1-5H3;10-15H,6-9,16-17H2,1-5H3;6-11H,4-5H2,1-3H3;4*1H4/b23-15-,27-17+;20-14-,24-15+;14-10-,18-11-;;;;. The molecule has 6 aliphatic heterocycles. The van der Waals surface area contributed by atoms with E-state index >= 15 is 0 Å². The normalized spacial score (nSPS) is 19.2. The average Bonchev–Trinajstić information content (AvgIpc) is 1.54. The highest BCUT2D eigenvalue weighted by Gasteiger charge is 2.43. The number of fused-ring (bicyclic) bond motifs is 5. The third-order valence-electron chi connectivity index (χ3n) is 18.4. The fraction of sp³-hybridized carbons (Fsp3) is 0.402. The number of anilines is 3. The lowest BCUT2D eigenvalue weighted by atomic mass is 9.81. The van der Waals surface area contributed by atoms with Crippen molar-refractivity contribution >= 4 is 75.0 Å². The molecule has 0 aliphatic carbocycles. The Balaban J connectivity index is 0.000000310. The summed E-state index contributed by atoms with van der Waals surface area (Å²) in [4.78, 5) is 88.6. The first-order chi connectivity index (χ1) is 45.1. The third kappa shape index (κ3) is 15.6. The Labute approximate surface area is 589 Å². The number of carbonyl (C=O) groups is 6. The van der Waals surface area contributed by atoms with Crippen LogP contribution in [-0.2, 0) is 39.6 Å². The maximum Gasteiger partial charge on any atom is 0.271 e. The first-order valence-corrected chi connectivity index (χ1v) is 33.8. The number of likely N-dealkylation sites (N-methyl/N-ethyl adjacent to an activating group) is 1. The Morgan fingerprint density at radius 2 is 0.796 bits per heavy atom. The molecule has 0 saturated heterocycles. The quantitative estimate of drug-likeness (QED) is 0.0717. The minimum absolute atomic E-state index is 0. The first kappa shape index (κ1) is 80.9. The van der Waals surface area contributed by atoms with Gasteiger partial charge in [0.2, 0.25) is 0 Å². The summed E-state index contributed by atoms with van der Waals surface area (Å²) in [5, 5.41) is 32.0. The number of amides is 6. The number of unbranched alkanes of at least 4 members (excludes halogenated alkanes) is 4. The maximum absolute atomic E-state index is 13.4. The number of rotatable bonds is 17. The van der Waals surface area contributed by atoms with E-state index in [-0.39, 0.29) is 81.5 Å². The van der Waals surface area contributed by atoms with Gasteiger partial charge in [-0.05, 0) is 160 Å². The highest BCUT2D eigenvalue weighted by molar-refractivity contribution is 8.03. The number of hydrogen-bond donors (Lipinski definition) is 0. The monoisotopic (exact) mass is 1340 g/mol. The highest BCUT2D eigenvalue weighted by Crippen LogP contribution is 2.52. The number of hydrogen-bond acceptors (Lipinski definition) is 13. The second-order valence-electron chi connectivity index (χ2n) is 25.0. The summed E-state index contributed by atoms with van der Waals surface area (Å²) in [6, 6.07) is 35.4. The zero-order chi connectivity index (χ0) is 68.3. The first-order valence-electron chi connectivity index (χ1n) is 33.0. The molecule has 6 aliphatic rings. The second-order valence-corrected chi connectivity index (χ2v) is 26.1. The predicted molar refractivity (Wildman–Crippen MR) is 402 cm³/mol. The molecule has 0 N–H and O–H groups in total. The Hall–Kier alpha value is -9.56. The number of thioether (sulfide) groups is 1. The van der Waals surface area contributed by atoms with Crippen LogP contribution in [0, 0.1) is 34.0 Å². The van der Waals surface area contributed by atoms with E-state index in [0.717, 1.165) is 91.6 Å². The van der Waals surface area contributed by atoms with Gasteiger partial charge in [-0.2, -0.15) is 15.8 Å². The molecule has 6 heterocycles. The second kappa shape index (κ2) is 35.1. The number of allylic oxidation sites excluding steroid dienone is 8. The van der Waals surface area contributed by atoms with Gasteiger partial charge in [0, 0.05) is 94.5 Å². The van der Waals surface area contributed by atoms with Crippen LogP contribution in [0.25, 0.3) is 10.8 Å². The van der Waals surface area contributed by atoms with Crippen LogP contribution in [-0.4, -0.2) is 89.4 Å². The summed E-state index contributed by atoms with van der Waals surface area (Å²) in [5.74, 6) is -2.46. The summed E-state index contributed by atoms with van der Waals surface area (Å²) in [5.41, 5.74) is 10.6. The van der Waals surface area contributed by atoms with Crippen LogP contribution in [0.5, 0.6) is 0 Å². The van der Waals surface area contributed by atoms with Crippen LogP contribution in [0.1, 0.15) is 182 Å². The fourth-order valence-electron chi connectivity index (χ4n) is 13.1. The van der Waals surface area contributed by atoms with E-state index in [1.807, 2.05) is 74.6 Å². The molecule has 4 aromatic rings. The van der Waals surface area contributed by atoms with Crippen LogP contribution in [0.4, 0.5) is 17.1 Å². The van der Waals surface area contributed by atoms with Gasteiger partial charge in [-0.15, -0.1) is 0 Å². The molecular formula is C82H103N9O6S. The minimum atomic E-state index is -0.514. The smallest absolute Gasteiger partial charge is 0.271 e. The number of imide groups is 3. The lowest BCUT2D eigenvalue weighted by Crippen LogP contribution is -2.43. The molecule has 0 aromatic heterocycles. The molecule has 98 heavy (non-hydrogen) atoms. The third-order valence-corrected chi connectivity index (χ3v) is 19.6. The van der Waals surface area contributed by atoms with E-state index in [1.165, 1.54) is 48.0 Å². The molecule has 0 radical (unpaired) electrons. The van der Waals surface area contributed by atoms with E-state index in [0.29, 0.717) is 52.9 Å². The number of carbonyl (C=O) groups excluding carboxylic acids is 6. The van der Waals surface area contributed by atoms with Gasteiger partial charge < -0.3 is 14.7 Å². The van der Waals surface area contributed by atoms with Crippen LogP contribution in [0.3, 0.4) is 0 Å². The zero-order valence-corrected chi connectivity index (χ0v) is 57.6. The molecule has 0 fully saturated rings. The molecule has 6 amide bonds. The molecule has 0 atom stereocenters. The molecule has 0 unspecified atom stereocenters. The fourth-order valence-corrected chi connectivity index (χ4v) is 14.2. The predicted octanol–water partition coefficient (Wildman–Crippen LogP) is 18.1. The molecule has 0 spiro atoms. The summed E-state index contributed by atoms with van der Waals surface area (Å²) in [7, 11) is 0. The molecule has 10 rings (SSSR count). The van der Waals surface area contributed by atoms with Crippen molar-refractivity contribution in [2.24, 2.45) is 0 Å². The van der Waals surface area contributed by atoms with Crippen molar-refractivity contribution in [3.63, 3.8) is 0 Å². The molecule has 16 heteroatoms. The molecule has 0 saturated carbocycles. The van der Waals surface area contributed by atoms with Gasteiger partial charge in [0.15, 0.2) is 0 Å². The van der Waals surface area contributed by atoms with E-state index in [9.17, 15) is 44.6 Å². The summed E-state index contributed by atoms with van der Waals surface area (Å²) < 4.78 is 0. The van der Waals surface area contributed by atoms with Gasteiger partial charge in [-0.3, -0.25) is 43.5 Å². The summed E-state index contributed by atoms with van der Waals surface area (Å²) in [6.07, 6.45) is 18.7. The molecular weight excluding hydrogens is 1240 g/mol. The molecule has 518 valence electrons. The maximum atomic E-state index is 13.4. The van der Waals surface area contributed by atoms with Gasteiger partial charge in [0.1, 0.15) is 34.9 Å². The van der Waals surface area contributed by atoms with Crippen molar-refractivity contribution in [2.75, 3.05) is 54.0 Å². The highest BCUT2D eigenvalue weighted by atomic mass is 32.2. The Bertz CT molecular complexity index is 4160. The number of para-hydroxylation sites is 2. The average molecular weight is 1340 g/mol. The SMILES string of the molecule is C.C.C.C.CCCCN1C(=O)C(C#N)=C(C)/C(=C/C=C2/N(CCCC)c3ccc4ccccc4c3C2(C)C)C1=O.CCCCN1C(=O)C(C#N)=C(C)/C(=C/C=C2/N(CCCC)c3ccccc3C2(C)C)C1=O.CCN1C(=O)C(C#N)=C(C)/C(=C/C=C2\Sc3ccccc3N2CC)C1=O. The van der Waals surface area contributed by atoms with Crippen molar-refractivity contribution in [2.45, 2.75) is 187 Å². The van der Waals surface area contributed by atoms with Gasteiger partial charge in [0.05, 0.1) is 10.7 Å². The Kier molecular flexibility index (Phi) is 29.0. The minimum Gasteiger partial charge on any atom is -0.344 e. The van der Waals surface area contributed by atoms with Crippen molar-refractivity contribution in [1.29, 1.82) is 15.8 Å². The largest absolute Gasteiger partial charge is 0.344 e. The molecule has 0 bridgehead atoms. The van der Waals surface area contributed by atoms with E-state index in [2.05, 4.69) is 136 Å². The van der Waals surface area contributed by atoms with Crippen molar-refractivity contribution < 1.29 is 28.8 Å². The molecule has 15 nitrogen and oxygen atoms in total. The zero-order valence-electron chi connectivity index (χ0n) is 56.8. The van der Waals surface area contributed by atoms with Crippen molar-refractivity contribution in [1.82, 2.24) is 14.7 Å². The van der Waals surface area contributed by atoms with Gasteiger partial charge in [-0.1, -0.05) is 183 Å². The van der Waals surface area contributed by atoms with Crippen LogP contribution >= 0.6 is 11.8 Å². The topological polar surface area (TPSA) is 193 Å². The van der Waals surface area contributed by atoms with Crippen LogP contribution in [0.2, 0.25) is 0 Å². The number of benzene rings is 4. The van der Waals surface area contributed by atoms with Crippen LogP contribution < -0.4 is 14.7 Å². The van der Waals surface area contributed by atoms with Gasteiger partial charge in [0.25, 0.3) is 35.4 Å². The van der Waals surface area contributed by atoms with Crippen molar-refractivity contribution in [3.8, 4) is 18.2 Å². The van der Waals surface area contributed by atoms with Crippen LogP contribution in [0.15, 0.2) is 193 Å². The Morgan fingerprint density at radius 1 is 0.408 bits per heavy atom. The number of nitriles is 3. The van der Waals surface area contributed by atoms with Gasteiger partial charge >= 0.3 is 0 Å². The van der Waals surface area contributed by atoms with Crippen molar-refractivity contribution in [3.05, 3.63) is 199 Å².